The molecule has 0 bridgehead atoms. The third-order valence-corrected chi connectivity index (χ3v) is 6.29. The Kier molecular flexibility index (Phi) is 4.71. The summed E-state index contributed by atoms with van der Waals surface area (Å²) in [6, 6.07) is 3.33. The molecule has 3 N–H and O–H groups in total. The molecule has 1 unspecified atom stereocenters. The molecule has 0 aromatic heterocycles. The van der Waals surface area contributed by atoms with Crippen LogP contribution >= 0.6 is 15.9 Å². The number of halogens is 1. The molecule has 4 nitrogen and oxygen atoms in total. The summed E-state index contributed by atoms with van der Waals surface area (Å²) in [6.45, 7) is 6.12. The molecule has 1 aromatic carbocycles. The second-order valence-electron chi connectivity index (χ2n) is 6.70. The average molecular weight is 375 g/mol. The van der Waals surface area contributed by atoms with Crippen molar-refractivity contribution in [1.82, 2.24) is 4.72 Å². The first-order chi connectivity index (χ1) is 9.61. The van der Waals surface area contributed by atoms with Gasteiger partial charge in [0.15, 0.2) is 0 Å². The molecule has 2 rings (SSSR count). The van der Waals surface area contributed by atoms with Crippen molar-refractivity contribution < 1.29 is 8.42 Å². The van der Waals surface area contributed by atoms with Crippen molar-refractivity contribution >= 4 is 31.6 Å². The summed E-state index contributed by atoms with van der Waals surface area (Å²) in [5, 5.41) is 0. The predicted octanol–water partition coefficient (Wildman–Crippen LogP) is 3.59. The number of sulfonamides is 1. The van der Waals surface area contributed by atoms with Crippen molar-refractivity contribution in [2.45, 2.75) is 57.4 Å². The van der Waals surface area contributed by atoms with Crippen LogP contribution in [0.25, 0.3) is 0 Å². The first-order valence-corrected chi connectivity index (χ1v) is 9.46. The maximum absolute atomic E-state index is 12.6. The third kappa shape index (κ3) is 3.99. The predicted molar refractivity (Wildman–Crippen MR) is 89.6 cm³/mol. The molecule has 0 radical (unpaired) electrons. The Morgan fingerprint density at radius 2 is 2.05 bits per heavy atom. The molecule has 6 heteroatoms. The molecular weight excluding hydrogens is 352 g/mol. The van der Waals surface area contributed by atoms with E-state index >= 15 is 0 Å². The van der Waals surface area contributed by atoms with E-state index < -0.39 is 10.0 Å². The number of nitrogens with one attached hydrogen (secondary N) is 1. The van der Waals surface area contributed by atoms with Crippen molar-refractivity contribution in [3.8, 4) is 0 Å². The Balaban J connectivity index is 2.27. The van der Waals surface area contributed by atoms with Gasteiger partial charge in [0.05, 0.1) is 4.90 Å². The molecule has 1 aromatic rings. The minimum Gasteiger partial charge on any atom is -0.398 e. The van der Waals surface area contributed by atoms with Crippen LogP contribution in [-0.2, 0) is 10.0 Å². The fraction of sp³-hybridized carbons (Fsp3) is 0.600. The molecule has 0 heterocycles. The molecule has 0 aliphatic heterocycles. The van der Waals surface area contributed by atoms with Crippen LogP contribution < -0.4 is 10.5 Å². The van der Waals surface area contributed by atoms with E-state index in [0.717, 1.165) is 25.7 Å². The number of hydrogen-bond acceptors (Lipinski definition) is 3. The third-order valence-electron chi connectivity index (χ3n) is 4.18. The first kappa shape index (κ1) is 16.8. The monoisotopic (exact) mass is 374 g/mol. The van der Waals surface area contributed by atoms with Crippen molar-refractivity contribution in [3.05, 3.63) is 22.2 Å². The quantitative estimate of drug-likeness (QED) is 0.793. The van der Waals surface area contributed by atoms with Crippen molar-refractivity contribution in [2.75, 3.05) is 5.73 Å². The molecule has 0 saturated heterocycles. The Labute approximate surface area is 135 Å². The van der Waals surface area contributed by atoms with Crippen LogP contribution in [0.3, 0.4) is 0 Å². The van der Waals surface area contributed by atoms with E-state index in [9.17, 15) is 8.42 Å². The Hall–Kier alpha value is -0.590. The van der Waals surface area contributed by atoms with Gasteiger partial charge in [0.1, 0.15) is 0 Å². The number of nitrogen functional groups attached to an aromatic ring is 1. The smallest absolute Gasteiger partial charge is 0.241 e. The van der Waals surface area contributed by atoms with Crippen LogP contribution in [-0.4, -0.2) is 14.5 Å². The maximum Gasteiger partial charge on any atom is 0.241 e. The van der Waals surface area contributed by atoms with Gasteiger partial charge in [0.25, 0.3) is 0 Å². The van der Waals surface area contributed by atoms with E-state index in [4.69, 9.17) is 5.73 Å². The zero-order valence-electron chi connectivity index (χ0n) is 12.7. The summed E-state index contributed by atoms with van der Waals surface area (Å²) in [4.78, 5) is 0.262. The Morgan fingerprint density at radius 1 is 1.38 bits per heavy atom. The highest BCUT2D eigenvalue weighted by molar-refractivity contribution is 9.10. The van der Waals surface area contributed by atoms with Crippen LogP contribution in [0.15, 0.2) is 21.5 Å². The average Bonchev–Trinajstić information content (AvgIpc) is 2.31. The van der Waals surface area contributed by atoms with Gasteiger partial charge in [-0.25, -0.2) is 13.1 Å². The van der Waals surface area contributed by atoms with E-state index in [2.05, 4.69) is 34.5 Å². The largest absolute Gasteiger partial charge is 0.398 e. The number of anilines is 1. The van der Waals surface area contributed by atoms with Crippen molar-refractivity contribution in [1.29, 1.82) is 0 Å². The Bertz CT molecular complexity index is 641. The van der Waals surface area contributed by atoms with Gasteiger partial charge < -0.3 is 5.73 Å². The summed E-state index contributed by atoms with van der Waals surface area (Å²) >= 11 is 3.31. The van der Waals surface area contributed by atoms with Crippen LogP contribution in [0.2, 0.25) is 0 Å². The molecular formula is C15H23BrN2O2S. The van der Waals surface area contributed by atoms with E-state index in [1.165, 1.54) is 0 Å². The second-order valence-corrected chi connectivity index (χ2v) is 9.30. The minimum absolute atomic E-state index is 0.00152. The standard InChI is InChI=1S/C15H23BrN2O2S/c1-10-13(17)7-11(16)8-14(10)21(19,20)18-12-5-4-6-15(2,3)9-12/h7-8,12,18H,4-6,9,17H2,1-3H3. The minimum atomic E-state index is -3.55. The lowest BCUT2D eigenvalue weighted by Gasteiger charge is -2.35. The summed E-state index contributed by atoms with van der Waals surface area (Å²) in [6.07, 6.45) is 3.97. The van der Waals surface area contributed by atoms with Crippen LogP contribution in [0, 0.1) is 12.3 Å². The summed E-state index contributed by atoms with van der Waals surface area (Å²) in [7, 11) is -3.55. The molecule has 1 aliphatic rings. The number of benzene rings is 1. The highest BCUT2D eigenvalue weighted by atomic mass is 79.9. The SMILES string of the molecule is Cc1c(N)cc(Br)cc1S(=O)(=O)NC1CCCC(C)(C)C1. The Morgan fingerprint density at radius 3 is 2.67 bits per heavy atom. The highest BCUT2D eigenvalue weighted by Gasteiger charge is 2.31. The molecule has 1 saturated carbocycles. The van der Waals surface area contributed by atoms with Gasteiger partial charge in [-0.05, 0) is 49.3 Å². The first-order valence-electron chi connectivity index (χ1n) is 7.19. The van der Waals surface area contributed by atoms with Gasteiger partial charge >= 0.3 is 0 Å². The zero-order valence-corrected chi connectivity index (χ0v) is 15.1. The molecule has 0 amide bonds. The topological polar surface area (TPSA) is 72.2 Å². The molecule has 1 atom stereocenters. The summed E-state index contributed by atoms with van der Waals surface area (Å²) < 4.78 is 28.8. The van der Waals surface area contributed by atoms with E-state index in [1.54, 1.807) is 19.1 Å². The second kappa shape index (κ2) is 5.89. The van der Waals surface area contributed by atoms with Gasteiger partial charge in [0.2, 0.25) is 10.0 Å². The molecule has 118 valence electrons. The van der Waals surface area contributed by atoms with Crippen molar-refractivity contribution in [3.63, 3.8) is 0 Å². The lowest BCUT2D eigenvalue weighted by Crippen LogP contribution is -2.40. The number of rotatable bonds is 3. The number of nitrogens with two attached hydrogens (primary N) is 1. The fourth-order valence-corrected chi connectivity index (χ4v) is 5.23. The van der Waals surface area contributed by atoms with E-state index in [0.29, 0.717) is 15.7 Å². The summed E-state index contributed by atoms with van der Waals surface area (Å²) in [5.41, 5.74) is 7.14. The lowest BCUT2D eigenvalue weighted by molar-refractivity contribution is 0.212. The summed E-state index contributed by atoms with van der Waals surface area (Å²) in [5.74, 6) is 0. The normalized spacial score (nSPS) is 22.2. The van der Waals surface area contributed by atoms with Crippen LogP contribution in [0.4, 0.5) is 5.69 Å². The van der Waals surface area contributed by atoms with Gasteiger partial charge in [-0.3, -0.25) is 0 Å². The lowest BCUT2D eigenvalue weighted by atomic mass is 9.75. The molecule has 1 aliphatic carbocycles. The van der Waals surface area contributed by atoms with Crippen LogP contribution in [0.1, 0.15) is 45.1 Å². The number of hydrogen-bond donors (Lipinski definition) is 2. The van der Waals surface area contributed by atoms with Gasteiger partial charge in [-0.2, -0.15) is 0 Å². The maximum atomic E-state index is 12.6. The highest BCUT2D eigenvalue weighted by Crippen LogP contribution is 2.36. The van der Waals surface area contributed by atoms with Crippen molar-refractivity contribution in [2.24, 2.45) is 5.41 Å². The van der Waals surface area contributed by atoms with E-state index in [1.807, 2.05) is 0 Å². The fourth-order valence-electron chi connectivity index (χ4n) is 3.04. The molecule has 1 fully saturated rings. The molecule has 0 spiro atoms. The van der Waals surface area contributed by atoms with E-state index in [-0.39, 0.29) is 16.4 Å². The zero-order chi connectivity index (χ0) is 15.8. The molecule has 21 heavy (non-hydrogen) atoms. The van der Waals surface area contributed by atoms with Gasteiger partial charge in [-0.15, -0.1) is 0 Å². The van der Waals surface area contributed by atoms with Gasteiger partial charge in [0, 0.05) is 16.2 Å². The van der Waals surface area contributed by atoms with Crippen LogP contribution in [0.5, 0.6) is 0 Å². The van der Waals surface area contributed by atoms with Gasteiger partial charge in [-0.1, -0.05) is 36.2 Å².